The average Bonchev–Trinajstić information content (AvgIpc) is 3.77. The van der Waals surface area contributed by atoms with Crippen LogP contribution in [0.25, 0.3) is 0 Å². The Morgan fingerprint density at radius 1 is 1.15 bits per heavy atom. The molecule has 5 rings (SSSR count). The minimum absolute atomic E-state index is 0.0427. The maximum Gasteiger partial charge on any atom is 0.313 e. The van der Waals surface area contributed by atoms with E-state index in [0.717, 1.165) is 5.56 Å². The molecule has 3 aliphatic heterocycles. The number of benzene rings is 2. The maximum atomic E-state index is 15.0. The van der Waals surface area contributed by atoms with Crippen molar-refractivity contribution >= 4 is 41.0 Å². The number of ether oxygens (including phenoxy) is 3. The highest BCUT2D eigenvalue weighted by Gasteiger charge is 2.76. The third-order valence-corrected chi connectivity index (χ3v) is 10.9. The Balaban J connectivity index is 1.55. The Hall–Kier alpha value is -4.03. The van der Waals surface area contributed by atoms with E-state index in [2.05, 4.69) is 18.5 Å². The van der Waals surface area contributed by atoms with E-state index in [4.69, 9.17) is 25.8 Å². The van der Waals surface area contributed by atoms with Crippen molar-refractivity contribution in [3.8, 4) is 0 Å². The first-order valence-electron chi connectivity index (χ1n) is 17.9. The highest BCUT2D eigenvalue weighted by molar-refractivity contribution is 6.34. The van der Waals surface area contributed by atoms with Gasteiger partial charge in [-0.05, 0) is 49.3 Å². The number of aliphatic hydroxyl groups is 1. The van der Waals surface area contributed by atoms with Crippen LogP contribution < -0.4 is 10.2 Å². The smallest absolute Gasteiger partial charge is 0.313 e. The molecule has 0 unspecified atom stereocenters. The third-order valence-electron chi connectivity index (χ3n) is 10.6. The van der Waals surface area contributed by atoms with E-state index in [0.29, 0.717) is 35.5 Å². The number of nitrogens with zero attached hydrogens (tertiary/aromatic N) is 2. The first-order valence-corrected chi connectivity index (χ1v) is 18.3. The van der Waals surface area contributed by atoms with Gasteiger partial charge in [0.2, 0.25) is 11.8 Å². The number of hydrogen-bond donors (Lipinski definition) is 2. The van der Waals surface area contributed by atoms with Crippen molar-refractivity contribution in [3.05, 3.63) is 90.0 Å². The predicted octanol–water partition coefficient (Wildman–Crippen LogP) is 4.94. The SMILES string of the molecule is C=CCCC(=O)N[C@@H](COC)[C@@H](OC(=O)[C@@H]1[C@@H]2CC[C@]3(O2)[C@H](C(=O)N(CC=C)c2c(C)cccc2Cl)N([C@@H](CO)C(C)C)C(=O)[C@@H]13)c1ccccc1. The van der Waals surface area contributed by atoms with Crippen molar-refractivity contribution in [1.29, 1.82) is 0 Å². The van der Waals surface area contributed by atoms with E-state index in [-0.39, 0.29) is 31.4 Å². The molecule has 8 atom stereocenters. The lowest BCUT2D eigenvalue weighted by atomic mass is 9.70. The van der Waals surface area contributed by atoms with Gasteiger partial charge in [-0.3, -0.25) is 19.2 Å². The summed E-state index contributed by atoms with van der Waals surface area (Å²) in [7, 11) is 1.50. The van der Waals surface area contributed by atoms with E-state index < -0.39 is 72.2 Å². The van der Waals surface area contributed by atoms with Gasteiger partial charge < -0.3 is 34.4 Å². The fourth-order valence-corrected chi connectivity index (χ4v) is 8.60. The second-order valence-electron chi connectivity index (χ2n) is 14.2. The molecule has 52 heavy (non-hydrogen) atoms. The second-order valence-corrected chi connectivity index (χ2v) is 14.6. The van der Waals surface area contributed by atoms with Crippen LogP contribution in [0.15, 0.2) is 73.8 Å². The molecule has 3 saturated heterocycles. The van der Waals surface area contributed by atoms with Gasteiger partial charge in [-0.15, -0.1) is 13.2 Å². The topological polar surface area (TPSA) is 135 Å². The van der Waals surface area contributed by atoms with Gasteiger partial charge in [0.25, 0.3) is 5.91 Å². The molecule has 2 aromatic carbocycles. The van der Waals surface area contributed by atoms with Crippen LogP contribution in [-0.2, 0) is 33.4 Å². The molecule has 3 fully saturated rings. The number of para-hydroxylation sites is 1. The van der Waals surface area contributed by atoms with Gasteiger partial charge in [0.1, 0.15) is 17.7 Å². The number of anilines is 1. The molecule has 3 amide bonds. The van der Waals surface area contributed by atoms with Crippen LogP contribution in [0.4, 0.5) is 5.69 Å². The molecule has 1 spiro atoms. The van der Waals surface area contributed by atoms with Crippen molar-refractivity contribution in [2.75, 3.05) is 31.8 Å². The molecular weight excluding hydrogens is 686 g/mol. The zero-order chi connectivity index (χ0) is 37.7. The van der Waals surface area contributed by atoms with E-state index >= 15 is 4.79 Å². The zero-order valence-electron chi connectivity index (χ0n) is 30.3. The van der Waals surface area contributed by atoms with Crippen LogP contribution in [0.3, 0.4) is 0 Å². The van der Waals surface area contributed by atoms with Crippen LogP contribution >= 0.6 is 11.6 Å². The van der Waals surface area contributed by atoms with Crippen LogP contribution in [-0.4, -0.2) is 90.4 Å². The van der Waals surface area contributed by atoms with Crippen LogP contribution in [0.1, 0.15) is 56.8 Å². The highest BCUT2D eigenvalue weighted by atomic mass is 35.5. The number of aryl methyl sites for hydroxylation is 1. The van der Waals surface area contributed by atoms with E-state index in [1.165, 1.54) is 16.9 Å². The van der Waals surface area contributed by atoms with E-state index in [1.807, 2.05) is 32.9 Å². The summed E-state index contributed by atoms with van der Waals surface area (Å²) in [5.41, 5.74) is 0.498. The number of hydrogen-bond acceptors (Lipinski definition) is 8. The van der Waals surface area contributed by atoms with Gasteiger partial charge >= 0.3 is 5.97 Å². The minimum atomic E-state index is -1.37. The van der Waals surface area contributed by atoms with Gasteiger partial charge in [0.15, 0.2) is 0 Å². The number of nitrogens with one attached hydrogen (secondary N) is 1. The summed E-state index contributed by atoms with van der Waals surface area (Å²) in [4.78, 5) is 60.3. The van der Waals surface area contributed by atoms with Crippen LogP contribution in [0.5, 0.6) is 0 Å². The van der Waals surface area contributed by atoms with Crippen molar-refractivity contribution in [2.24, 2.45) is 17.8 Å². The van der Waals surface area contributed by atoms with Gasteiger partial charge in [-0.25, -0.2) is 0 Å². The Bertz CT molecular complexity index is 1630. The first-order chi connectivity index (χ1) is 24.9. The lowest BCUT2D eigenvalue weighted by molar-refractivity contribution is -0.163. The molecule has 280 valence electrons. The van der Waals surface area contributed by atoms with Crippen molar-refractivity contribution < 1.29 is 38.5 Å². The average molecular weight is 736 g/mol. The number of rotatable bonds is 17. The highest BCUT2D eigenvalue weighted by Crippen LogP contribution is 2.60. The number of carbonyl (C=O) groups excluding carboxylic acids is 4. The summed E-state index contributed by atoms with van der Waals surface area (Å²) >= 11 is 6.69. The number of carbonyl (C=O) groups is 4. The molecular formula is C40H50ClN3O8. The molecule has 2 bridgehead atoms. The second kappa shape index (κ2) is 16.8. The number of allylic oxidation sites excluding steroid dienone is 1. The number of esters is 1. The third kappa shape index (κ3) is 7.28. The van der Waals surface area contributed by atoms with Gasteiger partial charge in [0.05, 0.1) is 53.9 Å². The molecule has 3 heterocycles. The molecule has 0 radical (unpaired) electrons. The largest absolute Gasteiger partial charge is 0.455 e. The summed E-state index contributed by atoms with van der Waals surface area (Å²) in [6.45, 7) is 12.9. The van der Waals surface area contributed by atoms with Crippen LogP contribution in [0, 0.1) is 24.7 Å². The quantitative estimate of drug-likeness (QED) is 0.173. The van der Waals surface area contributed by atoms with Crippen molar-refractivity contribution in [1.82, 2.24) is 10.2 Å². The normalized spacial score (nSPS) is 25.0. The van der Waals surface area contributed by atoms with Crippen LogP contribution in [0.2, 0.25) is 5.02 Å². The number of aliphatic hydroxyl groups excluding tert-OH is 1. The molecule has 2 aromatic rings. The molecule has 0 saturated carbocycles. The number of likely N-dealkylation sites (tertiary alicyclic amines) is 1. The van der Waals surface area contributed by atoms with Gasteiger partial charge in [0, 0.05) is 20.1 Å². The summed E-state index contributed by atoms with van der Waals surface area (Å²) in [6, 6.07) is 11.7. The fraction of sp³-hybridized carbons (Fsp3) is 0.500. The molecule has 12 heteroatoms. The van der Waals surface area contributed by atoms with Gasteiger partial charge in [-0.2, -0.15) is 0 Å². The summed E-state index contributed by atoms with van der Waals surface area (Å²) in [5, 5.41) is 14.0. The number of fused-ring (bicyclic) bond motifs is 1. The summed E-state index contributed by atoms with van der Waals surface area (Å²) < 4.78 is 18.5. The first kappa shape index (κ1) is 39.2. The number of methoxy groups -OCH3 is 1. The van der Waals surface area contributed by atoms with Crippen molar-refractivity contribution in [2.45, 2.75) is 82.4 Å². The maximum absolute atomic E-state index is 15.0. The molecule has 2 N–H and O–H groups in total. The lowest BCUT2D eigenvalue weighted by Gasteiger charge is -2.40. The Kier molecular flexibility index (Phi) is 12.6. The Morgan fingerprint density at radius 3 is 2.50 bits per heavy atom. The molecule has 0 aromatic heterocycles. The van der Waals surface area contributed by atoms with E-state index in [9.17, 15) is 19.5 Å². The zero-order valence-corrected chi connectivity index (χ0v) is 31.1. The van der Waals surface area contributed by atoms with Gasteiger partial charge in [-0.1, -0.05) is 80.1 Å². The number of halogens is 1. The standard InChI is InChI=1S/C40H50ClN3O8/c1-7-9-18-31(46)42-28(23-50-6)35(26-15-11-10-12-16-26)51-39(49)32-30-19-20-40(52-30)33(32)37(47)44(29(22-45)24(3)4)36(40)38(48)43(21-8-2)34-25(5)14-13-17-27(34)41/h7-8,10-17,24,28-30,32-33,35-36,45H,1-2,9,18-23H2,3-6H3,(H,42,46)/t28-,29-,30-,32+,33+,35-,36-,40+/m0/s1. The Labute approximate surface area is 310 Å². The van der Waals surface area contributed by atoms with Crippen molar-refractivity contribution in [3.63, 3.8) is 0 Å². The summed E-state index contributed by atoms with van der Waals surface area (Å²) in [6.07, 6.45) is 3.00. The molecule has 3 aliphatic rings. The monoisotopic (exact) mass is 735 g/mol. The number of amides is 3. The van der Waals surface area contributed by atoms with E-state index in [1.54, 1.807) is 48.6 Å². The lowest BCUT2D eigenvalue weighted by Crippen LogP contribution is -2.60. The molecule has 11 nitrogen and oxygen atoms in total. The minimum Gasteiger partial charge on any atom is -0.455 e. The molecule has 0 aliphatic carbocycles. The predicted molar refractivity (Wildman–Crippen MR) is 197 cm³/mol. The fourth-order valence-electron chi connectivity index (χ4n) is 8.27. The Morgan fingerprint density at radius 2 is 1.88 bits per heavy atom. The summed E-state index contributed by atoms with van der Waals surface area (Å²) in [5.74, 6) is -4.17.